The van der Waals surface area contributed by atoms with Gasteiger partial charge in [0.15, 0.2) is 5.82 Å². The van der Waals surface area contributed by atoms with Gasteiger partial charge in [-0.25, -0.2) is 27.4 Å². The number of hydrogen-bond acceptors (Lipinski definition) is 7. The molecule has 0 saturated heterocycles. The standard InChI is InChI=1S/C51H56F3N8O5P/c1-8-33-26-37(12-14-42(33)68(66,9-2)10-3)59-21-22-60(49(59)65)45-43-32(7)58(20-17-39(43)56-62(45)38-23-29(4)44(52)30(5)24-38)46(63)41-27-36-25-35(34-15-18-50(53,54)19-16-34)11-13-40(36)61(41)51(28-31(51)6)47-55-48(64)67-57-47/h11-14,21-27,31-32,34H,8-10,15-20,28H2,1-7H3,(H,55,57,64)/t31-,32-,51-/m0/s1. The van der Waals surface area contributed by atoms with Gasteiger partial charge in [-0.2, -0.15) is 5.10 Å². The van der Waals surface area contributed by atoms with E-state index in [1.54, 1.807) is 52.5 Å². The number of aromatic amines is 1. The van der Waals surface area contributed by atoms with E-state index in [4.69, 9.17) is 9.62 Å². The summed E-state index contributed by atoms with van der Waals surface area (Å²) in [5.41, 5.74) is 4.92. The smallest absolute Gasteiger partial charge is 0.330 e. The molecule has 0 radical (unpaired) electrons. The molecular formula is C51H56F3N8O5P. The van der Waals surface area contributed by atoms with E-state index in [1.165, 1.54) is 4.57 Å². The van der Waals surface area contributed by atoms with Gasteiger partial charge < -0.3 is 14.0 Å². The van der Waals surface area contributed by atoms with Crippen molar-refractivity contribution in [2.75, 3.05) is 18.9 Å². The number of imidazole rings is 1. The van der Waals surface area contributed by atoms with Gasteiger partial charge >= 0.3 is 11.4 Å². The van der Waals surface area contributed by atoms with Crippen LogP contribution in [0.3, 0.4) is 0 Å². The maximum absolute atomic E-state index is 15.5. The SMILES string of the molecule is CCc1cc(-n2ccn(-c3c4c(nn3-c3cc(C)c(F)c(C)c3)CCN(C(=O)c3cc5cc(C6CCC(F)(F)CC6)ccc5n3[C@@]3(c5noc(=O)[nH]5)C[C@@H]3C)[C@H]4C)c2=O)ccc1P(=O)(CC)CC. The number of aryl methyl sites for hydroxylation is 3. The van der Waals surface area contributed by atoms with Gasteiger partial charge in [-0.05, 0) is 129 Å². The fraction of sp³-hybridized carbons (Fsp3) is 0.431. The first kappa shape index (κ1) is 45.6. The number of alkyl halides is 2. The Hall–Kier alpha value is -6.15. The van der Waals surface area contributed by atoms with Crippen LogP contribution in [0.2, 0.25) is 0 Å². The van der Waals surface area contributed by atoms with Crippen molar-refractivity contribution in [3.05, 3.63) is 139 Å². The van der Waals surface area contributed by atoms with Crippen LogP contribution in [-0.2, 0) is 22.9 Å². The van der Waals surface area contributed by atoms with Gasteiger partial charge in [0.25, 0.3) is 5.91 Å². The molecule has 1 N–H and O–H groups in total. The number of H-pyrrole nitrogens is 1. The van der Waals surface area contributed by atoms with Crippen molar-refractivity contribution in [1.82, 2.24) is 38.5 Å². The normalized spacial score (nSPS) is 20.6. The zero-order valence-corrected chi connectivity index (χ0v) is 40.3. The van der Waals surface area contributed by atoms with Crippen molar-refractivity contribution < 1.29 is 27.1 Å². The van der Waals surface area contributed by atoms with Crippen molar-refractivity contribution in [3.63, 3.8) is 0 Å². The topological polar surface area (TPSA) is 146 Å². The van der Waals surface area contributed by atoms with E-state index in [1.807, 2.05) is 81.7 Å². The Labute approximate surface area is 391 Å². The molecule has 3 aliphatic rings. The quantitative estimate of drug-likeness (QED) is 0.127. The Morgan fingerprint density at radius 2 is 1.62 bits per heavy atom. The van der Waals surface area contributed by atoms with E-state index in [-0.39, 0.29) is 42.9 Å². The lowest BCUT2D eigenvalue weighted by Crippen LogP contribution is -2.41. The summed E-state index contributed by atoms with van der Waals surface area (Å²) in [5, 5.41) is 10.8. The van der Waals surface area contributed by atoms with Crippen molar-refractivity contribution >= 4 is 29.3 Å². The highest BCUT2D eigenvalue weighted by molar-refractivity contribution is 7.71. The number of fused-ring (bicyclic) bond motifs is 2. The number of amides is 1. The molecule has 0 unspecified atom stereocenters. The van der Waals surface area contributed by atoms with Crippen molar-refractivity contribution in [2.24, 2.45) is 5.92 Å². The molecule has 0 bridgehead atoms. The predicted octanol–water partition coefficient (Wildman–Crippen LogP) is 9.63. The molecule has 356 valence electrons. The molecule has 3 aromatic carbocycles. The molecule has 4 aromatic heterocycles. The van der Waals surface area contributed by atoms with Crippen LogP contribution in [0, 0.1) is 25.6 Å². The molecule has 2 fully saturated rings. The second-order valence-electron chi connectivity index (χ2n) is 19.2. The number of benzene rings is 3. The van der Waals surface area contributed by atoms with Gasteiger partial charge in [0, 0.05) is 72.3 Å². The Morgan fingerprint density at radius 3 is 2.25 bits per heavy atom. The summed E-state index contributed by atoms with van der Waals surface area (Å²) in [7, 11) is -2.61. The molecule has 68 heavy (non-hydrogen) atoms. The summed E-state index contributed by atoms with van der Waals surface area (Å²) in [4.78, 5) is 47.4. The molecule has 1 aliphatic heterocycles. The molecule has 10 rings (SSSR count). The fourth-order valence-electron chi connectivity index (χ4n) is 11.3. The monoisotopic (exact) mass is 948 g/mol. The first-order valence-electron chi connectivity index (χ1n) is 23.8. The van der Waals surface area contributed by atoms with Crippen LogP contribution in [-0.4, -0.2) is 69.2 Å². The lowest BCUT2D eigenvalue weighted by molar-refractivity contribution is -0.0382. The predicted molar refractivity (Wildman–Crippen MR) is 255 cm³/mol. The third kappa shape index (κ3) is 7.18. The largest absolute Gasteiger partial charge is 0.438 e. The van der Waals surface area contributed by atoms with E-state index >= 15 is 9.18 Å². The first-order valence-corrected chi connectivity index (χ1v) is 25.8. The zero-order valence-electron chi connectivity index (χ0n) is 39.4. The van der Waals surface area contributed by atoms with E-state index in [2.05, 4.69) is 10.1 Å². The minimum absolute atomic E-state index is 0.0492. The van der Waals surface area contributed by atoms with E-state index < -0.39 is 36.1 Å². The molecular weight excluding hydrogens is 893 g/mol. The average molecular weight is 949 g/mol. The molecule has 2 aliphatic carbocycles. The lowest BCUT2D eigenvalue weighted by atomic mass is 9.82. The second kappa shape index (κ2) is 16.5. The van der Waals surface area contributed by atoms with Gasteiger partial charge in [0.1, 0.15) is 30.0 Å². The molecule has 5 heterocycles. The summed E-state index contributed by atoms with van der Waals surface area (Å²) in [6, 6.07) is 16.1. The number of carbonyl (C=O) groups excluding carboxylic acids is 1. The first-order chi connectivity index (χ1) is 32.4. The third-order valence-electron chi connectivity index (χ3n) is 15.3. The highest BCUT2D eigenvalue weighted by atomic mass is 31.2. The molecule has 1 amide bonds. The Bertz CT molecular complexity index is 3300. The lowest BCUT2D eigenvalue weighted by Gasteiger charge is -2.34. The van der Waals surface area contributed by atoms with Crippen LogP contribution in [0.1, 0.15) is 129 Å². The fourth-order valence-corrected chi connectivity index (χ4v) is 13.5. The summed E-state index contributed by atoms with van der Waals surface area (Å²) in [6.45, 7) is 13.5. The number of nitrogens with zero attached hydrogens (tertiary/aromatic N) is 7. The number of hydrogen-bond donors (Lipinski definition) is 1. The number of halogens is 3. The highest BCUT2D eigenvalue weighted by Gasteiger charge is 2.59. The van der Waals surface area contributed by atoms with Gasteiger partial charge in [0.05, 0.1) is 23.1 Å². The maximum atomic E-state index is 15.5. The Balaban J connectivity index is 1.10. The van der Waals surface area contributed by atoms with Gasteiger partial charge in [0.2, 0.25) is 5.92 Å². The van der Waals surface area contributed by atoms with Gasteiger partial charge in [-0.15, -0.1) is 0 Å². The van der Waals surface area contributed by atoms with E-state index in [0.29, 0.717) is 95.5 Å². The Kier molecular flexibility index (Phi) is 11.1. The van der Waals surface area contributed by atoms with Crippen LogP contribution in [0.15, 0.2) is 81.1 Å². The van der Waals surface area contributed by atoms with E-state index in [0.717, 1.165) is 27.3 Å². The van der Waals surface area contributed by atoms with Crippen molar-refractivity contribution in [2.45, 2.75) is 117 Å². The summed E-state index contributed by atoms with van der Waals surface area (Å²) < 4.78 is 69.3. The van der Waals surface area contributed by atoms with Crippen LogP contribution < -0.4 is 16.8 Å². The minimum atomic E-state index is -2.68. The second-order valence-corrected chi connectivity index (χ2v) is 22.7. The number of nitrogens with one attached hydrogen (secondary N) is 1. The van der Waals surface area contributed by atoms with E-state index in [9.17, 15) is 22.9 Å². The van der Waals surface area contributed by atoms with Crippen LogP contribution in [0.4, 0.5) is 13.2 Å². The highest BCUT2D eigenvalue weighted by Crippen LogP contribution is 2.56. The molecule has 0 spiro atoms. The summed E-state index contributed by atoms with van der Waals surface area (Å²) in [6.07, 6.45) is 6.32. The van der Waals surface area contributed by atoms with Crippen molar-refractivity contribution in [3.8, 4) is 17.2 Å². The molecule has 2 saturated carbocycles. The molecule has 7 aromatic rings. The summed E-state index contributed by atoms with van der Waals surface area (Å²) in [5.74, 6) is -3.43. The number of carbonyl (C=O) groups is 1. The van der Waals surface area contributed by atoms with Gasteiger partial charge in [-0.1, -0.05) is 38.9 Å². The van der Waals surface area contributed by atoms with Gasteiger partial charge in [-0.3, -0.25) is 23.4 Å². The maximum Gasteiger partial charge on any atom is 0.438 e. The number of rotatable bonds is 11. The zero-order chi connectivity index (χ0) is 48.2. The minimum Gasteiger partial charge on any atom is -0.330 e. The van der Waals surface area contributed by atoms with Crippen LogP contribution in [0.5, 0.6) is 0 Å². The Morgan fingerprint density at radius 1 is 0.926 bits per heavy atom. The average Bonchev–Trinajstić information content (AvgIpc) is 3.82. The van der Waals surface area contributed by atoms with Crippen LogP contribution in [0.25, 0.3) is 28.1 Å². The summed E-state index contributed by atoms with van der Waals surface area (Å²) >= 11 is 0. The number of aromatic nitrogens is 7. The molecule has 3 atom stereocenters. The third-order valence-corrected chi connectivity index (χ3v) is 18.7. The van der Waals surface area contributed by atoms with Crippen molar-refractivity contribution in [1.29, 1.82) is 0 Å². The molecule has 17 heteroatoms. The molecule has 13 nitrogen and oxygen atoms in total. The van der Waals surface area contributed by atoms with Crippen LogP contribution >= 0.6 is 7.14 Å².